The Hall–Kier alpha value is -4.45. The predicted octanol–water partition coefficient (Wildman–Crippen LogP) is -3.24. The fourth-order valence-corrected chi connectivity index (χ4v) is 9.53. The van der Waals surface area contributed by atoms with E-state index in [1.165, 1.54) is 23.9 Å². The lowest BCUT2D eigenvalue weighted by Gasteiger charge is -2.21. The molecule has 4 saturated heterocycles. The first-order chi connectivity index (χ1) is 28.3. The number of carbonyl (C=O) groups is 11. The van der Waals surface area contributed by atoms with Gasteiger partial charge >= 0.3 is 0 Å². The number of aliphatic hydroxyl groups is 1. The van der Waals surface area contributed by atoms with Gasteiger partial charge in [0.25, 0.3) is 0 Å². The number of nitrogens with one attached hydrogen (secondary N) is 5. The van der Waals surface area contributed by atoms with Crippen LogP contribution in [0.3, 0.4) is 0 Å². The molecular formula is C36H53N9O12S2. The highest BCUT2D eigenvalue weighted by Crippen LogP contribution is 2.34. The molecule has 59 heavy (non-hydrogen) atoms. The van der Waals surface area contributed by atoms with Crippen LogP contribution in [0.4, 0.5) is 0 Å². The molecule has 21 nitrogen and oxygen atoms in total. The summed E-state index contributed by atoms with van der Waals surface area (Å²) >= 11 is 2.40. The van der Waals surface area contributed by atoms with Crippen molar-refractivity contribution in [2.45, 2.75) is 99.3 Å². The van der Waals surface area contributed by atoms with Crippen molar-refractivity contribution in [1.82, 2.24) is 45.0 Å². The van der Waals surface area contributed by atoms with Crippen molar-refractivity contribution in [2.24, 2.45) is 0 Å². The van der Waals surface area contributed by atoms with Crippen molar-refractivity contribution in [2.75, 3.05) is 59.0 Å². The van der Waals surface area contributed by atoms with Crippen molar-refractivity contribution in [3.8, 4) is 0 Å². The van der Waals surface area contributed by atoms with E-state index in [2.05, 4.69) is 26.6 Å². The molecule has 4 rings (SSSR count). The Balaban J connectivity index is 1.09. The highest BCUT2D eigenvalue weighted by atomic mass is 32.2. The number of rotatable bonds is 25. The molecule has 6 N–H and O–H groups in total. The van der Waals surface area contributed by atoms with Gasteiger partial charge in [0.2, 0.25) is 53.2 Å². The number of aliphatic hydroxyl groups excluding tert-OH is 1. The first kappa shape index (κ1) is 47.2. The van der Waals surface area contributed by atoms with Crippen LogP contribution < -0.4 is 26.6 Å². The van der Waals surface area contributed by atoms with Crippen LogP contribution in [-0.4, -0.2) is 177 Å². The number of carbonyl (C=O) groups excluding carboxylic acids is 11. The Bertz CT molecular complexity index is 1500. The second-order valence-electron chi connectivity index (χ2n) is 14.4. The molecule has 23 heteroatoms. The summed E-state index contributed by atoms with van der Waals surface area (Å²) in [6.07, 6.45) is 3.55. The Kier molecular flexibility index (Phi) is 19.2. The zero-order chi connectivity index (χ0) is 42.9. The van der Waals surface area contributed by atoms with E-state index < -0.39 is 76.3 Å². The van der Waals surface area contributed by atoms with Crippen molar-refractivity contribution < 1.29 is 57.8 Å². The van der Waals surface area contributed by atoms with Crippen molar-refractivity contribution in [1.29, 1.82) is 0 Å². The smallest absolute Gasteiger partial charge is 0.244 e. The minimum Gasteiger partial charge on any atom is -0.396 e. The highest BCUT2D eigenvalue weighted by molar-refractivity contribution is 7.98. The van der Waals surface area contributed by atoms with Crippen molar-refractivity contribution in [3.05, 3.63) is 0 Å². The predicted molar refractivity (Wildman–Crippen MR) is 211 cm³/mol. The molecule has 326 valence electrons. The van der Waals surface area contributed by atoms with Crippen LogP contribution in [0.5, 0.6) is 0 Å². The molecule has 0 spiro atoms. The van der Waals surface area contributed by atoms with E-state index in [0.717, 1.165) is 35.2 Å². The van der Waals surface area contributed by atoms with Crippen molar-refractivity contribution >= 4 is 89.6 Å². The van der Waals surface area contributed by atoms with Gasteiger partial charge < -0.3 is 41.3 Å². The summed E-state index contributed by atoms with van der Waals surface area (Å²) in [4.78, 5) is 138. The highest BCUT2D eigenvalue weighted by Gasteiger charge is 2.43. The van der Waals surface area contributed by atoms with Crippen LogP contribution in [-0.2, 0) is 52.7 Å². The summed E-state index contributed by atoms with van der Waals surface area (Å²) in [5.74, 6) is -4.16. The van der Waals surface area contributed by atoms with Crippen molar-refractivity contribution in [3.63, 3.8) is 0 Å². The van der Waals surface area contributed by atoms with Gasteiger partial charge in [0.15, 0.2) is 0 Å². The van der Waals surface area contributed by atoms with Crippen LogP contribution in [0, 0.1) is 0 Å². The van der Waals surface area contributed by atoms with Gasteiger partial charge in [0.05, 0.1) is 18.7 Å². The summed E-state index contributed by atoms with van der Waals surface area (Å²) in [7, 11) is 0. The van der Waals surface area contributed by atoms with Gasteiger partial charge in [-0.3, -0.25) is 53.0 Å². The van der Waals surface area contributed by atoms with Gasteiger partial charge in [-0.15, -0.1) is 0 Å². The quantitative estimate of drug-likeness (QED) is 0.0228. The normalized spacial score (nSPS) is 22.7. The number of amides is 9. The Morgan fingerprint density at radius 1 is 0.627 bits per heavy atom. The summed E-state index contributed by atoms with van der Waals surface area (Å²) in [5.41, 5.74) is 0. The molecule has 4 aliphatic heterocycles. The molecule has 0 aliphatic carbocycles. The van der Waals surface area contributed by atoms with Gasteiger partial charge in [0, 0.05) is 103 Å². The number of nitrogens with zero attached hydrogens (tertiary/aromatic N) is 4. The Morgan fingerprint density at radius 3 is 1.42 bits per heavy atom. The molecule has 2 unspecified atom stereocenters. The lowest BCUT2D eigenvalue weighted by atomic mass is 10.1. The van der Waals surface area contributed by atoms with Gasteiger partial charge in [-0.2, -0.15) is 0 Å². The summed E-state index contributed by atoms with van der Waals surface area (Å²) in [6, 6.07) is -1.53. The van der Waals surface area contributed by atoms with Crippen LogP contribution in [0.25, 0.3) is 0 Å². The number of hydrogen-bond acceptors (Lipinski definition) is 16. The molecule has 0 aromatic rings. The third-order valence-corrected chi connectivity index (χ3v) is 12.7. The van der Waals surface area contributed by atoms with E-state index >= 15 is 0 Å². The molecule has 0 aromatic carbocycles. The molecule has 4 atom stereocenters. The van der Waals surface area contributed by atoms with Gasteiger partial charge in [-0.1, -0.05) is 23.9 Å². The zero-order valence-electron chi connectivity index (χ0n) is 32.7. The molecule has 4 fully saturated rings. The second-order valence-corrected chi connectivity index (χ2v) is 16.9. The average molecular weight is 868 g/mol. The van der Waals surface area contributed by atoms with Crippen LogP contribution >= 0.6 is 23.9 Å². The first-order valence-corrected chi connectivity index (χ1v) is 21.4. The number of likely N-dealkylation sites (tertiary alicyclic amines) is 2. The average Bonchev–Trinajstić information content (AvgIpc) is 3.97. The monoisotopic (exact) mass is 867 g/mol. The topological polar surface area (TPSA) is 281 Å². The molecular weight excluding hydrogens is 815 g/mol. The van der Waals surface area contributed by atoms with E-state index in [9.17, 15) is 52.7 Å². The number of aldehydes is 2. The minimum atomic E-state index is -0.946. The molecule has 0 radical (unpaired) electrons. The van der Waals surface area contributed by atoms with E-state index in [0.29, 0.717) is 25.9 Å². The Morgan fingerprint density at radius 2 is 1.03 bits per heavy atom. The summed E-state index contributed by atoms with van der Waals surface area (Å²) in [5, 5.41) is 20.7. The fraction of sp³-hybridized carbons (Fsp3) is 0.694. The van der Waals surface area contributed by atoms with Crippen LogP contribution in [0.15, 0.2) is 0 Å². The molecule has 0 saturated carbocycles. The maximum atomic E-state index is 12.8. The number of imide groups is 2. The minimum absolute atomic E-state index is 0.00183. The van der Waals surface area contributed by atoms with Gasteiger partial charge in [0.1, 0.15) is 23.1 Å². The maximum Gasteiger partial charge on any atom is 0.244 e. The molecule has 4 heterocycles. The largest absolute Gasteiger partial charge is 0.396 e. The third-order valence-electron chi connectivity index (χ3n) is 9.97. The molecule has 0 aromatic heterocycles. The third kappa shape index (κ3) is 14.7. The van der Waals surface area contributed by atoms with Gasteiger partial charge in [-0.25, -0.2) is 8.61 Å². The summed E-state index contributed by atoms with van der Waals surface area (Å²) < 4.78 is 3.65. The standard InChI is InChI=1S/C36H53N9O12S2/c46-16-7-30(51)41-23(17-31(52)39-10-8-37-28(49)5-14-42-33(54)19-26(35(42)56)58-44-12-1-3-24(44)21-47)18-32(53)40-11-9-38-29(50)6-15-43-34(55)20-27(36(43)57)59-45-13-2-4-25(45)22-48/h21-27,46H,1-20H2,(H,37,49)(H,38,50)(H,39,52)(H,40,53)(H,41,51)/t23?,24-,25-,26?,27?/m0/s1. The summed E-state index contributed by atoms with van der Waals surface area (Å²) in [6.45, 7) is 0.671. The maximum absolute atomic E-state index is 12.8. The second kappa shape index (κ2) is 24.0. The van der Waals surface area contributed by atoms with E-state index in [-0.39, 0.29) is 96.3 Å². The van der Waals surface area contributed by atoms with Crippen LogP contribution in [0.1, 0.15) is 70.6 Å². The van der Waals surface area contributed by atoms with Crippen LogP contribution in [0.2, 0.25) is 0 Å². The van der Waals surface area contributed by atoms with E-state index in [1.54, 1.807) is 0 Å². The molecule has 0 bridgehead atoms. The Labute approximate surface area is 349 Å². The molecule has 4 aliphatic rings. The van der Waals surface area contributed by atoms with E-state index in [1.807, 2.05) is 8.61 Å². The zero-order valence-corrected chi connectivity index (χ0v) is 34.4. The molecule has 9 amide bonds. The lowest BCUT2D eigenvalue weighted by molar-refractivity contribution is -0.140. The SMILES string of the molecule is O=C[C@@H]1CCCN1SC1CC(=O)N(CCC(=O)NCCNC(=O)CC(CC(=O)NCCNC(=O)CCN2C(=O)CC(SN3CCC[C@H]3C=O)C2=O)NC(=O)CCO)C1=O. The number of hydrogen-bond donors (Lipinski definition) is 6. The first-order valence-electron chi connectivity index (χ1n) is 19.8. The lowest BCUT2D eigenvalue weighted by Crippen LogP contribution is -2.44. The fourth-order valence-electron chi connectivity index (χ4n) is 6.91. The van der Waals surface area contributed by atoms with Gasteiger partial charge in [-0.05, 0) is 25.7 Å². The van der Waals surface area contributed by atoms with E-state index in [4.69, 9.17) is 5.11 Å².